The molecule has 0 atom stereocenters. The summed E-state index contributed by atoms with van der Waals surface area (Å²) in [7, 11) is 0. The second-order valence-corrected chi connectivity index (χ2v) is 8.44. The zero-order chi connectivity index (χ0) is 21.8. The van der Waals surface area contributed by atoms with Crippen LogP contribution in [0.4, 0.5) is 15.3 Å². The smallest absolute Gasteiger partial charge is 0.256 e. The van der Waals surface area contributed by atoms with Crippen molar-refractivity contribution in [3.8, 4) is 0 Å². The van der Waals surface area contributed by atoms with Gasteiger partial charge in [0.1, 0.15) is 5.82 Å². The Morgan fingerprint density at radius 3 is 2.77 bits per heavy atom. The molecule has 0 saturated carbocycles. The maximum atomic E-state index is 14.2. The lowest BCUT2D eigenvalue weighted by atomic mass is 10.1. The number of carbonyl (C=O) groups excluding carboxylic acids is 1. The molecule has 7 nitrogen and oxygen atoms in total. The van der Waals surface area contributed by atoms with Gasteiger partial charge in [-0.25, -0.2) is 14.4 Å². The number of benzene rings is 1. The summed E-state index contributed by atoms with van der Waals surface area (Å²) >= 11 is 7.27. The third-order valence-corrected chi connectivity index (χ3v) is 6.00. The van der Waals surface area contributed by atoms with Gasteiger partial charge in [-0.05, 0) is 29.8 Å². The molecule has 1 amide bonds. The van der Waals surface area contributed by atoms with Crippen LogP contribution in [0.2, 0.25) is 5.02 Å². The molecule has 0 spiro atoms. The highest BCUT2D eigenvalue weighted by Gasteiger charge is 2.25. The van der Waals surface area contributed by atoms with Gasteiger partial charge in [-0.1, -0.05) is 17.7 Å². The molecule has 0 bridgehead atoms. The van der Waals surface area contributed by atoms with Crippen LogP contribution in [0.5, 0.6) is 0 Å². The van der Waals surface area contributed by atoms with Crippen molar-refractivity contribution in [3.05, 3.63) is 69.6 Å². The summed E-state index contributed by atoms with van der Waals surface area (Å²) in [5.74, 6) is -0.404. The number of aliphatic hydroxyl groups is 1. The average molecular weight is 462 g/mol. The van der Waals surface area contributed by atoms with E-state index in [2.05, 4.69) is 20.2 Å². The first-order chi connectivity index (χ1) is 15.0. The first kappa shape index (κ1) is 21.6. The summed E-state index contributed by atoms with van der Waals surface area (Å²) in [6.45, 7) is 2.72. The number of rotatable bonds is 6. The van der Waals surface area contributed by atoms with Crippen LogP contribution >= 0.6 is 22.9 Å². The molecule has 31 heavy (non-hydrogen) atoms. The summed E-state index contributed by atoms with van der Waals surface area (Å²) in [4.78, 5) is 25.3. The van der Waals surface area contributed by atoms with Gasteiger partial charge in [0.05, 0.1) is 22.9 Å². The van der Waals surface area contributed by atoms with Crippen molar-refractivity contribution in [2.45, 2.75) is 13.2 Å². The quantitative estimate of drug-likeness (QED) is 0.584. The Balaban J connectivity index is 1.39. The normalized spacial score (nSPS) is 14.6. The Morgan fingerprint density at radius 2 is 2.06 bits per heavy atom. The van der Waals surface area contributed by atoms with Crippen molar-refractivity contribution >= 4 is 39.8 Å². The molecule has 3 aromatic rings. The van der Waals surface area contributed by atoms with Gasteiger partial charge >= 0.3 is 0 Å². The summed E-state index contributed by atoms with van der Waals surface area (Å²) in [6, 6.07) is 8.12. The lowest BCUT2D eigenvalue weighted by Crippen LogP contribution is -2.48. The molecule has 1 aromatic carbocycles. The molecule has 2 aromatic heterocycles. The minimum absolute atomic E-state index is 0.00355. The first-order valence-electron chi connectivity index (χ1n) is 9.76. The SMILES string of the molecule is O=C(c1cccc(Cl)c1F)N1CCN(Cc2cc(CO)cc(Nc3nccs3)n2)CC1. The van der Waals surface area contributed by atoms with Crippen molar-refractivity contribution in [2.75, 3.05) is 31.5 Å². The average Bonchev–Trinajstić information content (AvgIpc) is 3.28. The van der Waals surface area contributed by atoms with Crippen LogP contribution < -0.4 is 5.32 Å². The van der Waals surface area contributed by atoms with Gasteiger partial charge in [0.15, 0.2) is 10.9 Å². The summed E-state index contributed by atoms with van der Waals surface area (Å²) in [5, 5.41) is 15.3. The van der Waals surface area contributed by atoms with E-state index in [0.29, 0.717) is 38.5 Å². The molecule has 1 saturated heterocycles. The molecule has 2 N–H and O–H groups in total. The van der Waals surface area contributed by atoms with Crippen molar-refractivity contribution in [3.63, 3.8) is 0 Å². The Labute approximate surface area is 188 Å². The van der Waals surface area contributed by atoms with Gasteiger partial charge in [0.2, 0.25) is 0 Å². The second-order valence-electron chi connectivity index (χ2n) is 7.14. The minimum Gasteiger partial charge on any atom is -0.392 e. The van der Waals surface area contributed by atoms with E-state index in [1.807, 2.05) is 11.4 Å². The van der Waals surface area contributed by atoms with Gasteiger partial charge in [0, 0.05) is 44.3 Å². The lowest BCUT2D eigenvalue weighted by molar-refractivity contribution is 0.0622. The van der Waals surface area contributed by atoms with Crippen LogP contribution in [-0.2, 0) is 13.2 Å². The number of aromatic nitrogens is 2. The first-order valence-corrected chi connectivity index (χ1v) is 11.0. The molecule has 162 valence electrons. The maximum Gasteiger partial charge on any atom is 0.256 e. The zero-order valence-corrected chi connectivity index (χ0v) is 18.2. The van der Waals surface area contributed by atoms with Crippen LogP contribution in [0.15, 0.2) is 41.9 Å². The van der Waals surface area contributed by atoms with Gasteiger partial charge in [-0.2, -0.15) is 0 Å². The summed E-state index contributed by atoms with van der Waals surface area (Å²) in [6.07, 6.45) is 1.71. The molecule has 10 heteroatoms. The molecule has 1 aliphatic heterocycles. The standard InChI is InChI=1S/C21H21ClFN5O2S/c22-17-3-1-2-16(19(17)23)20(30)28-7-5-27(6-8-28)12-15-10-14(13-29)11-18(25-15)26-21-24-4-9-31-21/h1-4,9-11,29H,5-8,12-13H2,(H,24,25,26). The Kier molecular flexibility index (Phi) is 6.77. The number of pyridine rings is 1. The fraction of sp³-hybridized carbons (Fsp3) is 0.286. The molecular formula is C21H21ClFN5O2S. The van der Waals surface area contributed by atoms with Crippen LogP contribution in [0.3, 0.4) is 0 Å². The van der Waals surface area contributed by atoms with E-state index in [1.54, 1.807) is 23.2 Å². The monoisotopic (exact) mass is 461 g/mol. The number of nitrogens with zero attached hydrogens (tertiary/aromatic N) is 4. The number of nitrogens with one attached hydrogen (secondary N) is 1. The highest BCUT2D eigenvalue weighted by atomic mass is 35.5. The fourth-order valence-electron chi connectivity index (χ4n) is 3.46. The molecule has 1 aliphatic rings. The zero-order valence-electron chi connectivity index (χ0n) is 16.6. The third-order valence-electron chi connectivity index (χ3n) is 5.02. The largest absolute Gasteiger partial charge is 0.392 e. The fourth-order valence-corrected chi connectivity index (χ4v) is 4.17. The molecule has 4 rings (SSSR count). The highest BCUT2D eigenvalue weighted by molar-refractivity contribution is 7.13. The van der Waals surface area contributed by atoms with E-state index in [0.717, 1.165) is 16.4 Å². The Hall–Kier alpha value is -2.59. The number of carbonyl (C=O) groups is 1. The topological polar surface area (TPSA) is 81.6 Å². The number of amides is 1. The lowest BCUT2D eigenvalue weighted by Gasteiger charge is -2.34. The van der Waals surface area contributed by atoms with Crippen LogP contribution in [0.1, 0.15) is 21.6 Å². The molecule has 0 unspecified atom stereocenters. The number of hydrogen-bond acceptors (Lipinski definition) is 7. The number of piperazine rings is 1. The van der Waals surface area contributed by atoms with Crippen LogP contribution in [0.25, 0.3) is 0 Å². The second kappa shape index (κ2) is 9.69. The maximum absolute atomic E-state index is 14.2. The van der Waals surface area contributed by atoms with E-state index in [9.17, 15) is 14.3 Å². The number of anilines is 2. The van der Waals surface area contributed by atoms with Gasteiger partial charge in [-0.3, -0.25) is 9.69 Å². The van der Waals surface area contributed by atoms with E-state index < -0.39 is 5.82 Å². The summed E-state index contributed by atoms with van der Waals surface area (Å²) in [5.41, 5.74) is 1.57. The Bertz CT molecular complexity index is 1060. The van der Waals surface area contributed by atoms with Crippen molar-refractivity contribution in [2.24, 2.45) is 0 Å². The molecular weight excluding hydrogens is 441 g/mol. The number of aliphatic hydroxyl groups excluding tert-OH is 1. The van der Waals surface area contributed by atoms with Crippen molar-refractivity contribution in [1.29, 1.82) is 0 Å². The minimum atomic E-state index is -0.679. The van der Waals surface area contributed by atoms with Gasteiger partial charge in [-0.15, -0.1) is 11.3 Å². The molecule has 0 aliphatic carbocycles. The van der Waals surface area contributed by atoms with Gasteiger partial charge in [0.25, 0.3) is 5.91 Å². The van der Waals surface area contributed by atoms with E-state index in [-0.39, 0.29) is 23.1 Å². The predicted molar refractivity (Wildman–Crippen MR) is 118 cm³/mol. The van der Waals surface area contributed by atoms with Crippen molar-refractivity contribution in [1.82, 2.24) is 19.8 Å². The number of halogens is 2. The van der Waals surface area contributed by atoms with E-state index in [4.69, 9.17) is 11.6 Å². The molecule has 1 fully saturated rings. The van der Waals surface area contributed by atoms with Gasteiger partial charge < -0.3 is 15.3 Å². The number of hydrogen-bond donors (Lipinski definition) is 2. The van der Waals surface area contributed by atoms with Crippen LogP contribution in [-0.4, -0.2) is 57.0 Å². The highest BCUT2D eigenvalue weighted by Crippen LogP contribution is 2.22. The third kappa shape index (κ3) is 5.19. The van der Waals surface area contributed by atoms with Crippen molar-refractivity contribution < 1.29 is 14.3 Å². The number of thiazole rings is 1. The van der Waals surface area contributed by atoms with E-state index in [1.165, 1.54) is 23.5 Å². The molecule has 0 radical (unpaired) electrons. The van der Waals surface area contributed by atoms with Crippen LogP contribution in [0, 0.1) is 5.82 Å². The Morgan fingerprint density at radius 1 is 1.26 bits per heavy atom. The molecule has 3 heterocycles. The van der Waals surface area contributed by atoms with E-state index >= 15 is 0 Å². The predicted octanol–water partition coefficient (Wildman–Crippen LogP) is 3.52. The summed E-state index contributed by atoms with van der Waals surface area (Å²) < 4.78 is 14.2.